The molecule has 0 saturated heterocycles. The zero-order valence-electron chi connectivity index (χ0n) is 9.76. The van der Waals surface area contributed by atoms with Crippen molar-refractivity contribution in [1.82, 2.24) is 14.9 Å². The molecular formula is C13H15N3O. The van der Waals surface area contributed by atoms with E-state index in [9.17, 15) is 4.79 Å². The fourth-order valence-electron chi connectivity index (χ4n) is 1.61. The Morgan fingerprint density at radius 3 is 2.71 bits per heavy atom. The summed E-state index contributed by atoms with van der Waals surface area (Å²) in [5.41, 5.74) is 2.08. The number of pyridine rings is 1. The van der Waals surface area contributed by atoms with Crippen LogP contribution in [0.1, 0.15) is 11.1 Å². The van der Waals surface area contributed by atoms with Gasteiger partial charge in [0, 0.05) is 38.4 Å². The summed E-state index contributed by atoms with van der Waals surface area (Å²) in [5, 5.41) is 2.88. The number of aryl methyl sites for hydroxylation is 1. The highest BCUT2D eigenvalue weighted by Gasteiger charge is 2.03. The third-order valence-corrected chi connectivity index (χ3v) is 2.50. The van der Waals surface area contributed by atoms with Crippen LogP contribution in [0.5, 0.6) is 0 Å². The van der Waals surface area contributed by atoms with Crippen LogP contribution < -0.4 is 5.32 Å². The molecule has 0 radical (unpaired) electrons. The molecule has 0 saturated carbocycles. The number of amides is 1. The average molecular weight is 229 g/mol. The van der Waals surface area contributed by atoms with Gasteiger partial charge in [-0.2, -0.15) is 0 Å². The molecule has 17 heavy (non-hydrogen) atoms. The van der Waals surface area contributed by atoms with E-state index in [1.54, 1.807) is 12.4 Å². The van der Waals surface area contributed by atoms with Gasteiger partial charge in [-0.05, 0) is 29.3 Å². The van der Waals surface area contributed by atoms with Gasteiger partial charge in [-0.15, -0.1) is 0 Å². The smallest absolute Gasteiger partial charge is 0.224 e. The Hall–Kier alpha value is -2.10. The molecule has 4 nitrogen and oxygen atoms in total. The summed E-state index contributed by atoms with van der Waals surface area (Å²) in [7, 11) is 1.94. The maximum atomic E-state index is 11.7. The fraction of sp³-hybridized carbons (Fsp3) is 0.231. The minimum absolute atomic E-state index is 0.0352. The molecule has 2 rings (SSSR count). The maximum Gasteiger partial charge on any atom is 0.224 e. The molecule has 0 unspecified atom stereocenters. The number of carbonyl (C=O) groups is 1. The van der Waals surface area contributed by atoms with Crippen molar-refractivity contribution in [3.8, 4) is 0 Å². The number of hydrogen-bond acceptors (Lipinski definition) is 2. The molecule has 0 aromatic carbocycles. The highest BCUT2D eigenvalue weighted by Crippen LogP contribution is 2.01. The third-order valence-electron chi connectivity index (χ3n) is 2.50. The van der Waals surface area contributed by atoms with E-state index in [1.165, 1.54) is 0 Å². The molecule has 0 atom stereocenters. The van der Waals surface area contributed by atoms with Crippen LogP contribution in [-0.4, -0.2) is 15.5 Å². The summed E-state index contributed by atoms with van der Waals surface area (Å²) >= 11 is 0. The number of aromatic nitrogens is 2. The summed E-state index contributed by atoms with van der Waals surface area (Å²) in [5.74, 6) is 0.0352. The second-order valence-corrected chi connectivity index (χ2v) is 3.99. The van der Waals surface area contributed by atoms with Gasteiger partial charge < -0.3 is 9.88 Å². The number of nitrogens with one attached hydrogen (secondary N) is 1. The zero-order chi connectivity index (χ0) is 12.1. The first kappa shape index (κ1) is 11.4. The van der Waals surface area contributed by atoms with Crippen LogP contribution in [0.3, 0.4) is 0 Å². The molecule has 0 bridgehead atoms. The predicted octanol–water partition coefficient (Wildman–Crippen LogP) is 1.28. The lowest BCUT2D eigenvalue weighted by molar-refractivity contribution is -0.120. The second-order valence-electron chi connectivity index (χ2n) is 3.99. The van der Waals surface area contributed by atoms with E-state index < -0.39 is 0 Å². The maximum absolute atomic E-state index is 11.7. The lowest BCUT2D eigenvalue weighted by Gasteiger charge is -2.03. The molecule has 0 fully saturated rings. The Balaban J connectivity index is 1.82. The van der Waals surface area contributed by atoms with Crippen molar-refractivity contribution in [2.45, 2.75) is 13.0 Å². The summed E-state index contributed by atoms with van der Waals surface area (Å²) in [4.78, 5) is 15.6. The Bertz CT molecular complexity index is 490. The van der Waals surface area contributed by atoms with Crippen molar-refractivity contribution in [2.75, 3.05) is 0 Å². The highest BCUT2D eigenvalue weighted by atomic mass is 16.1. The van der Waals surface area contributed by atoms with Crippen LogP contribution in [0.25, 0.3) is 0 Å². The minimum atomic E-state index is 0.0352. The van der Waals surface area contributed by atoms with Crippen LogP contribution in [0.4, 0.5) is 0 Å². The molecule has 1 N–H and O–H groups in total. The standard InChI is InChI=1S/C13H15N3O/c1-16-7-4-12(10-16)8-13(17)15-9-11-2-5-14-6-3-11/h2-7,10H,8-9H2,1H3,(H,15,17). The predicted molar refractivity (Wildman–Crippen MR) is 65.2 cm³/mol. The Kier molecular flexibility index (Phi) is 3.55. The lowest BCUT2D eigenvalue weighted by atomic mass is 10.2. The first-order chi connectivity index (χ1) is 8.24. The van der Waals surface area contributed by atoms with E-state index in [1.807, 2.05) is 42.2 Å². The molecular weight excluding hydrogens is 214 g/mol. The Morgan fingerprint density at radius 2 is 2.06 bits per heavy atom. The van der Waals surface area contributed by atoms with Gasteiger partial charge in [0.25, 0.3) is 0 Å². The van der Waals surface area contributed by atoms with Gasteiger partial charge >= 0.3 is 0 Å². The molecule has 0 aliphatic rings. The molecule has 2 heterocycles. The van der Waals surface area contributed by atoms with Crippen LogP contribution >= 0.6 is 0 Å². The van der Waals surface area contributed by atoms with Crippen molar-refractivity contribution in [2.24, 2.45) is 7.05 Å². The Morgan fingerprint density at radius 1 is 1.29 bits per heavy atom. The summed E-state index contributed by atoms with van der Waals surface area (Å²) in [6, 6.07) is 5.73. The second kappa shape index (κ2) is 5.30. The van der Waals surface area contributed by atoms with Gasteiger partial charge in [0.1, 0.15) is 0 Å². The van der Waals surface area contributed by atoms with E-state index in [4.69, 9.17) is 0 Å². The van der Waals surface area contributed by atoms with E-state index in [-0.39, 0.29) is 5.91 Å². The first-order valence-corrected chi connectivity index (χ1v) is 5.50. The van der Waals surface area contributed by atoms with Crippen molar-refractivity contribution >= 4 is 5.91 Å². The monoisotopic (exact) mass is 229 g/mol. The van der Waals surface area contributed by atoms with Gasteiger partial charge in [0.05, 0.1) is 6.42 Å². The first-order valence-electron chi connectivity index (χ1n) is 5.50. The van der Waals surface area contributed by atoms with Crippen molar-refractivity contribution in [1.29, 1.82) is 0 Å². The molecule has 0 aliphatic carbocycles. The zero-order valence-corrected chi connectivity index (χ0v) is 9.76. The normalized spacial score (nSPS) is 10.2. The van der Waals surface area contributed by atoms with E-state index in [0.717, 1.165) is 11.1 Å². The van der Waals surface area contributed by atoms with Gasteiger partial charge in [-0.25, -0.2) is 0 Å². The highest BCUT2D eigenvalue weighted by molar-refractivity contribution is 5.78. The van der Waals surface area contributed by atoms with Crippen molar-refractivity contribution in [3.05, 3.63) is 54.1 Å². The van der Waals surface area contributed by atoms with E-state index in [2.05, 4.69) is 10.3 Å². The average Bonchev–Trinajstić information content (AvgIpc) is 2.73. The SMILES string of the molecule is Cn1ccc(CC(=O)NCc2ccncc2)c1. The molecule has 2 aromatic rings. The molecule has 4 heteroatoms. The quantitative estimate of drug-likeness (QED) is 0.858. The van der Waals surface area contributed by atoms with Gasteiger partial charge in [-0.3, -0.25) is 9.78 Å². The van der Waals surface area contributed by atoms with Crippen LogP contribution in [0.2, 0.25) is 0 Å². The van der Waals surface area contributed by atoms with Gasteiger partial charge in [-0.1, -0.05) is 0 Å². The van der Waals surface area contributed by atoms with Crippen LogP contribution in [-0.2, 0) is 24.8 Å². The topological polar surface area (TPSA) is 46.9 Å². The van der Waals surface area contributed by atoms with E-state index >= 15 is 0 Å². The molecule has 0 aliphatic heterocycles. The summed E-state index contributed by atoms with van der Waals surface area (Å²) in [6.07, 6.45) is 7.75. The number of rotatable bonds is 4. The molecule has 0 spiro atoms. The van der Waals surface area contributed by atoms with E-state index in [0.29, 0.717) is 13.0 Å². The summed E-state index contributed by atoms with van der Waals surface area (Å²) < 4.78 is 1.94. The fourth-order valence-corrected chi connectivity index (χ4v) is 1.61. The van der Waals surface area contributed by atoms with Gasteiger partial charge in [0.2, 0.25) is 5.91 Å². The number of hydrogen-bond donors (Lipinski definition) is 1. The third kappa shape index (κ3) is 3.45. The number of carbonyl (C=O) groups excluding carboxylic acids is 1. The lowest BCUT2D eigenvalue weighted by Crippen LogP contribution is -2.24. The minimum Gasteiger partial charge on any atom is -0.357 e. The van der Waals surface area contributed by atoms with Crippen LogP contribution in [0.15, 0.2) is 43.0 Å². The van der Waals surface area contributed by atoms with Crippen LogP contribution in [0, 0.1) is 0 Å². The number of nitrogens with zero attached hydrogens (tertiary/aromatic N) is 2. The Labute approximate surface area is 100 Å². The van der Waals surface area contributed by atoms with Gasteiger partial charge in [0.15, 0.2) is 0 Å². The molecule has 1 amide bonds. The largest absolute Gasteiger partial charge is 0.357 e. The van der Waals surface area contributed by atoms with Crippen molar-refractivity contribution in [3.63, 3.8) is 0 Å². The molecule has 88 valence electrons. The van der Waals surface area contributed by atoms with Crippen molar-refractivity contribution < 1.29 is 4.79 Å². The summed E-state index contributed by atoms with van der Waals surface area (Å²) in [6.45, 7) is 0.550. The molecule has 2 aromatic heterocycles.